The van der Waals surface area contributed by atoms with Crippen molar-refractivity contribution in [2.75, 3.05) is 6.61 Å². The lowest BCUT2D eigenvalue weighted by atomic mass is 9.87. The summed E-state index contributed by atoms with van der Waals surface area (Å²) in [6, 6.07) is 13.3. The second-order valence-corrected chi connectivity index (χ2v) is 7.47. The molecule has 2 aromatic carbocycles. The van der Waals surface area contributed by atoms with E-state index in [1.807, 2.05) is 43.3 Å². The predicted octanol–water partition coefficient (Wildman–Crippen LogP) is 1.54. The highest BCUT2D eigenvalue weighted by molar-refractivity contribution is 5.71. The molecule has 4 rings (SSSR count). The summed E-state index contributed by atoms with van der Waals surface area (Å²) in [6.45, 7) is 3.18. The van der Waals surface area contributed by atoms with Crippen molar-refractivity contribution in [3.05, 3.63) is 59.5 Å². The van der Waals surface area contributed by atoms with E-state index in [4.69, 9.17) is 9.15 Å². The molecule has 8 nitrogen and oxygen atoms in total. The van der Waals surface area contributed by atoms with Crippen LogP contribution in [0.3, 0.4) is 0 Å². The molecule has 8 heteroatoms. The van der Waals surface area contributed by atoms with E-state index in [1.54, 1.807) is 13.0 Å². The second kappa shape index (κ2) is 8.25. The molecule has 1 fully saturated rings. The van der Waals surface area contributed by atoms with Crippen LogP contribution in [0, 0.1) is 13.8 Å². The largest absolute Gasteiger partial charge is 0.421 e. The molecule has 0 saturated carbocycles. The summed E-state index contributed by atoms with van der Waals surface area (Å²) in [7, 11) is 0. The van der Waals surface area contributed by atoms with Gasteiger partial charge in [0.25, 0.3) is 0 Å². The Balaban J connectivity index is 1.66. The first kappa shape index (κ1) is 20.6. The van der Waals surface area contributed by atoms with Crippen LogP contribution in [0.2, 0.25) is 0 Å². The molecular weight excluding hydrogens is 388 g/mol. The van der Waals surface area contributed by atoms with Crippen LogP contribution in [0.15, 0.2) is 46.9 Å². The summed E-state index contributed by atoms with van der Waals surface area (Å²) in [5.74, 6) is 0.947. The lowest BCUT2D eigenvalue weighted by molar-refractivity contribution is -0.231. The molecule has 0 radical (unpaired) electrons. The second-order valence-electron chi connectivity index (χ2n) is 7.47. The molecule has 2 heterocycles. The fraction of sp³-hybridized carbons (Fsp3) is 0.364. The highest BCUT2D eigenvalue weighted by atomic mass is 16.5. The first-order valence-corrected chi connectivity index (χ1v) is 9.71. The van der Waals surface area contributed by atoms with Gasteiger partial charge >= 0.3 is 0 Å². The highest BCUT2D eigenvalue weighted by Gasteiger charge is 2.44. The van der Waals surface area contributed by atoms with Gasteiger partial charge in [0, 0.05) is 12.5 Å². The van der Waals surface area contributed by atoms with E-state index in [0.29, 0.717) is 17.3 Å². The summed E-state index contributed by atoms with van der Waals surface area (Å²) in [4.78, 5) is 0. The Bertz CT molecular complexity index is 1020. The van der Waals surface area contributed by atoms with E-state index < -0.39 is 37.1 Å². The van der Waals surface area contributed by atoms with Crippen LogP contribution in [-0.2, 0) is 4.74 Å². The first-order valence-electron chi connectivity index (χ1n) is 9.71. The molecule has 1 saturated heterocycles. The van der Waals surface area contributed by atoms with Crippen LogP contribution in [0.25, 0.3) is 22.6 Å². The van der Waals surface area contributed by atoms with Gasteiger partial charge in [0.05, 0.1) is 6.61 Å². The zero-order valence-corrected chi connectivity index (χ0v) is 16.6. The van der Waals surface area contributed by atoms with E-state index in [9.17, 15) is 20.4 Å². The smallest absolute Gasteiger partial charge is 0.247 e. The Morgan fingerprint density at radius 2 is 1.57 bits per heavy atom. The molecule has 158 valence electrons. The summed E-state index contributed by atoms with van der Waals surface area (Å²) in [5.41, 5.74) is 4.22. The molecule has 0 bridgehead atoms. The monoisotopic (exact) mass is 412 g/mol. The Morgan fingerprint density at radius 3 is 2.20 bits per heavy atom. The zero-order chi connectivity index (χ0) is 21.4. The minimum absolute atomic E-state index is 0.450. The number of benzene rings is 2. The molecule has 0 spiro atoms. The van der Waals surface area contributed by atoms with Gasteiger partial charge in [0.15, 0.2) is 0 Å². The number of aromatic nitrogens is 2. The fourth-order valence-electron chi connectivity index (χ4n) is 3.84. The number of hydrogen-bond acceptors (Lipinski definition) is 8. The van der Waals surface area contributed by atoms with E-state index in [0.717, 1.165) is 22.3 Å². The molecule has 30 heavy (non-hydrogen) atoms. The van der Waals surface area contributed by atoms with Crippen LogP contribution >= 0.6 is 0 Å². The lowest BCUT2D eigenvalue weighted by Crippen LogP contribution is -2.55. The maximum atomic E-state index is 10.5. The van der Waals surface area contributed by atoms with Crippen molar-refractivity contribution in [3.63, 3.8) is 0 Å². The standard InChI is InChI=1S/C22H24N2O6/c1-11-15(13-6-8-14(9-7-13)22-24-23-12(2)29-22)4-3-5-16(11)21-20(28)19(27)18(26)17(10-25)30-21/h3-9,17-21,25-28H,10H2,1-2H3/t17-,18-,19+,20+,21-/m1/s1. The van der Waals surface area contributed by atoms with Gasteiger partial charge in [-0.1, -0.05) is 30.3 Å². The van der Waals surface area contributed by atoms with Gasteiger partial charge in [0.1, 0.15) is 30.5 Å². The number of aliphatic hydroxyl groups excluding tert-OH is 4. The summed E-state index contributed by atoms with van der Waals surface area (Å²) in [6.07, 6.45) is -5.94. The molecular formula is C22H24N2O6. The average molecular weight is 412 g/mol. The van der Waals surface area contributed by atoms with Gasteiger partial charge in [-0.05, 0) is 41.3 Å². The number of rotatable bonds is 4. The SMILES string of the molecule is Cc1nnc(-c2ccc(-c3cccc([C@H]4O[C@H](CO)[C@@H](O)[C@H](O)[C@@H]4O)c3C)cc2)o1. The normalized spacial score (nSPS) is 26.7. The van der Waals surface area contributed by atoms with Gasteiger partial charge in [0.2, 0.25) is 11.8 Å². The summed E-state index contributed by atoms with van der Waals surface area (Å²) >= 11 is 0. The minimum Gasteiger partial charge on any atom is -0.421 e. The van der Waals surface area contributed by atoms with Crippen LogP contribution in [-0.4, -0.2) is 61.6 Å². The molecule has 0 amide bonds. The van der Waals surface area contributed by atoms with Crippen LogP contribution in [0.4, 0.5) is 0 Å². The first-order chi connectivity index (χ1) is 14.4. The van der Waals surface area contributed by atoms with E-state index >= 15 is 0 Å². The number of aryl methyl sites for hydroxylation is 1. The summed E-state index contributed by atoms with van der Waals surface area (Å²) < 4.78 is 11.2. The van der Waals surface area contributed by atoms with Crippen LogP contribution < -0.4 is 0 Å². The van der Waals surface area contributed by atoms with E-state index in [1.165, 1.54) is 0 Å². The fourth-order valence-corrected chi connectivity index (χ4v) is 3.84. The van der Waals surface area contributed by atoms with Crippen molar-refractivity contribution in [1.82, 2.24) is 10.2 Å². The molecule has 1 aromatic heterocycles. The lowest BCUT2D eigenvalue weighted by Gasteiger charge is -2.40. The van der Waals surface area contributed by atoms with Crippen molar-refractivity contribution in [2.24, 2.45) is 0 Å². The third-order valence-electron chi connectivity index (χ3n) is 5.54. The van der Waals surface area contributed by atoms with Crippen molar-refractivity contribution < 1.29 is 29.6 Å². The van der Waals surface area contributed by atoms with Gasteiger partial charge in [-0.15, -0.1) is 10.2 Å². The van der Waals surface area contributed by atoms with Gasteiger partial charge in [-0.3, -0.25) is 0 Å². The van der Waals surface area contributed by atoms with E-state index in [-0.39, 0.29) is 0 Å². The molecule has 3 aromatic rings. The van der Waals surface area contributed by atoms with Crippen molar-refractivity contribution >= 4 is 0 Å². The van der Waals surface area contributed by atoms with Gasteiger partial charge in [-0.25, -0.2) is 0 Å². The number of aliphatic hydroxyl groups is 4. The number of nitrogens with zero attached hydrogens (tertiary/aromatic N) is 2. The Labute approximate surface area is 173 Å². The maximum absolute atomic E-state index is 10.5. The van der Waals surface area contributed by atoms with Gasteiger partial charge < -0.3 is 29.6 Å². The van der Waals surface area contributed by atoms with E-state index in [2.05, 4.69) is 10.2 Å². The van der Waals surface area contributed by atoms with Crippen molar-refractivity contribution in [2.45, 2.75) is 44.4 Å². The average Bonchev–Trinajstić information content (AvgIpc) is 3.19. The number of hydrogen-bond donors (Lipinski definition) is 4. The molecule has 1 aliphatic heterocycles. The molecule has 5 atom stereocenters. The van der Waals surface area contributed by atoms with Crippen LogP contribution in [0.5, 0.6) is 0 Å². The topological polar surface area (TPSA) is 129 Å². The Hall–Kier alpha value is -2.62. The third kappa shape index (κ3) is 3.64. The van der Waals surface area contributed by atoms with Gasteiger partial charge in [-0.2, -0.15) is 0 Å². The molecule has 0 aliphatic carbocycles. The molecule has 1 aliphatic rings. The Morgan fingerprint density at radius 1 is 0.867 bits per heavy atom. The minimum atomic E-state index is -1.42. The molecule has 4 N–H and O–H groups in total. The van der Waals surface area contributed by atoms with Crippen molar-refractivity contribution in [1.29, 1.82) is 0 Å². The zero-order valence-electron chi connectivity index (χ0n) is 16.6. The predicted molar refractivity (Wildman–Crippen MR) is 107 cm³/mol. The maximum Gasteiger partial charge on any atom is 0.247 e. The third-order valence-corrected chi connectivity index (χ3v) is 5.54. The van der Waals surface area contributed by atoms with Crippen LogP contribution in [0.1, 0.15) is 23.1 Å². The molecule has 0 unspecified atom stereocenters. The van der Waals surface area contributed by atoms with Crippen molar-refractivity contribution in [3.8, 4) is 22.6 Å². The Kier molecular flexibility index (Phi) is 5.68. The number of ether oxygens (including phenoxy) is 1. The highest BCUT2D eigenvalue weighted by Crippen LogP contribution is 2.37. The summed E-state index contributed by atoms with van der Waals surface area (Å²) in [5, 5.41) is 48.0. The quantitative estimate of drug-likeness (QED) is 0.508.